The zero-order chi connectivity index (χ0) is 7.72. The summed E-state index contributed by atoms with van der Waals surface area (Å²) in [6.45, 7) is 3.73. The maximum absolute atomic E-state index is 5.84. The van der Waals surface area contributed by atoms with Gasteiger partial charge in [-0.25, -0.2) is 0 Å². The SMILES string of the molecule is Cc1ncc(Cl)c(C)c1Cl. The Morgan fingerprint density at radius 2 is 1.90 bits per heavy atom. The maximum Gasteiger partial charge on any atom is 0.0662 e. The molecule has 0 unspecified atom stereocenters. The minimum absolute atomic E-state index is 0.621. The highest BCUT2D eigenvalue weighted by Crippen LogP contribution is 2.24. The number of hydrogen-bond acceptors (Lipinski definition) is 1. The minimum Gasteiger partial charge on any atom is -0.258 e. The Kier molecular flexibility index (Phi) is 2.17. The van der Waals surface area contributed by atoms with Crippen LogP contribution >= 0.6 is 23.2 Å². The first-order chi connectivity index (χ1) is 4.63. The lowest BCUT2D eigenvalue weighted by molar-refractivity contribution is 1.18. The second kappa shape index (κ2) is 2.77. The number of halogens is 2. The van der Waals surface area contributed by atoms with E-state index in [1.807, 2.05) is 13.8 Å². The number of hydrogen-bond donors (Lipinski definition) is 0. The monoisotopic (exact) mass is 175 g/mol. The Morgan fingerprint density at radius 1 is 1.30 bits per heavy atom. The normalized spacial score (nSPS) is 10.0. The predicted molar refractivity (Wildman–Crippen MR) is 43.7 cm³/mol. The van der Waals surface area contributed by atoms with E-state index in [4.69, 9.17) is 23.2 Å². The van der Waals surface area contributed by atoms with Crippen LogP contribution in [0.5, 0.6) is 0 Å². The molecule has 0 aliphatic rings. The molecule has 0 aromatic carbocycles. The summed E-state index contributed by atoms with van der Waals surface area (Å²) in [5.41, 5.74) is 1.72. The third-order valence-corrected chi connectivity index (χ3v) is 2.31. The first-order valence-corrected chi connectivity index (χ1v) is 3.65. The summed E-state index contributed by atoms with van der Waals surface area (Å²) in [4.78, 5) is 3.98. The lowest BCUT2D eigenvalue weighted by Crippen LogP contribution is -1.86. The first kappa shape index (κ1) is 7.83. The molecular formula is C7H7Cl2N. The summed E-state index contributed by atoms with van der Waals surface area (Å²) < 4.78 is 0. The molecule has 0 saturated heterocycles. The molecule has 0 fully saturated rings. The molecule has 0 amide bonds. The molecule has 3 heteroatoms. The van der Waals surface area contributed by atoms with Crippen molar-refractivity contribution in [1.82, 2.24) is 4.98 Å². The quantitative estimate of drug-likeness (QED) is 0.592. The van der Waals surface area contributed by atoms with E-state index < -0.39 is 0 Å². The van der Waals surface area contributed by atoms with Crippen LogP contribution in [0.15, 0.2) is 6.20 Å². The zero-order valence-corrected chi connectivity index (χ0v) is 7.29. The van der Waals surface area contributed by atoms with Crippen molar-refractivity contribution in [2.24, 2.45) is 0 Å². The van der Waals surface area contributed by atoms with Crippen LogP contribution in [0.2, 0.25) is 10.0 Å². The molecule has 1 heterocycles. The van der Waals surface area contributed by atoms with E-state index in [0.717, 1.165) is 11.3 Å². The Balaban J connectivity index is 3.34. The minimum atomic E-state index is 0.621. The summed E-state index contributed by atoms with van der Waals surface area (Å²) in [5, 5.41) is 1.28. The lowest BCUT2D eigenvalue weighted by Gasteiger charge is -2.01. The second-order valence-corrected chi connectivity index (χ2v) is 2.92. The van der Waals surface area contributed by atoms with Gasteiger partial charge in [-0.05, 0) is 19.4 Å². The molecule has 0 saturated carbocycles. The molecule has 0 bridgehead atoms. The van der Waals surface area contributed by atoms with Gasteiger partial charge in [0.1, 0.15) is 0 Å². The highest BCUT2D eigenvalue weighted by atomic mass is 35.5. The van der Waals surface area contributed by atoms with Gasteiger partial charge in [-0.1, -0.05) is 23.2 Å². The van der Waals surface area contributed by atoms with Gasteiger partial charge in [0.25, 0.3) is 0 Å². The molecule has 1 rings (SSSR count). The molecule has 0 atom stereocenters. The average Bonchev–Trinajstić information content (AvgIpc) is 1.93. The highest BCUT2D eigenvalue weighted by molar-refractivity contribution is 6.36. The van der Waals surface area contributed by atoms with Gasteiger partial charge in [-0.2, -0.15) is 0 Å². The van der Waals surface area contributed by atoms with Gasteiger partial charge in [-0.3, -0.25) is 4.98 Å². The molecule has 10 heavy (non-hydrogen) atoms. The standard InChI is InChI=1S/C7H7Cl2N/c1-4-6(8)3-10-5(2)7(4)9/h3H,1-2H3. The molecule has 0 aliphatic carbocycles. The number of nitrogens with zero attached hydrogens (tertiary/aromatic N) is 1. The van der Waals surface area contributed by atoms with Gasteiger partial charge < -0.3 is 0 Å². The molecule has 0 aliphatic heterocycles. The van der Waals surface area contributed by atoms with Crippen LogP contribution in [0.25, 0.3) is 0 Å². The van der Waals surface area contributed by atoms with E-state index in [9.17, 15) is 0 Å². The second-order valence-electron chi connectivity index (χ2n) is 2.13. The molecular weight excluding hydrogens is 169 g/mol. The number of aromatic nitrogens is 1. The molecule has 1 nitrogen and oxygen atoms in total. The lowest BCUT2D eigenvalue weighted by atomic mass is 10.2. The van der Waals surface area contributed by atoms with Crippen molar-refractivity contribution in [3.8, 4) is 0 Å². The van der Waals surface area contributed by atoms with Crippen LogP contribution in [0.3, 0.4) is 0 Å². The van der Waals surface area contributed by atoms with Gasteiger partial charge in [0, 0.05) is 6.20 Å². The van der Waals surface area contributed by atoms with E-state index >= 15 is 0 Å². The van der Waals surface area contributed by atoms with Gasteiger partial charge in [0.05, 0.1) is 15.7 Å². The third kappa shape index (κ3) is 1.25. The molecule has 0 radical (unpaired) electrons. The average molecular weight is 176 g/mol. The largest absolute Gasteiger partial charge is 0.258 e. The van der Waals surface area contributed by atoms with E-state index in [-0.39, 0.29) is 0 Å². The van der Waals surface area contributed by atoms with Crippen LogP contribution in [-0.2, 0) is 0 Å². The van der Waals surface area contributed by atoms with Crippen molar-refractivity contribution >= 4 is 23.2 Å². The van der Waals surface area contributed by atoms with E-state index in [1.165, 1.54) is 0 Å². The highest BCUT2D eigenvalue weighted by Gasteiger charge is 2.02. The fourth-order valence-corrected chi connectivity index (χ4v) is 1.03. The van der Waals surface area contributed by atoms with E-state index in [2.05, 4.69) is 4.98 Å². The van der Waals surface area contributed by atoms with Crippen LogP contribution in [0.1, 0.15) is 11.3 Å². The summed E-state index contributed by atoms with van der Waals surface area (Å²) >= 11 is 11.6. The van der Waals surface area contributed by atoms with E-state index in [1.54, 1.807) is 6.20 Å². The molecule has 1 aromatic rings. The van der Waals surface area contributed by atoms with Gasteiger partial charge in [0.15, 0.2) is 0 Å². The molecule has 54 valence electrons. The third-order valence-electron chi connectivity index (χ3n) is 1.38. The fourth-order valence-electron chi connectivity index (χ4n) is 0.683. The summed E-state index contributed by atoms with van der Waals surface area (Å²) in [7, 11) is 0. The van der Waals surface area contributed by atoms with Gasteiger partial charge in [0.2, 0.25) is 0 Å². The van der Waals surface area contributed by atoms with Gasteiger partial charge >= 0.3 is 0 Å². The first-order valence-electron chi connectivity index (χ1n) is 2.90. The smallest absolute Gasteiger partial charge is 0.0662 e. The Morgan fingerprint density at radius 3 is 2.40 bits per heavy atom. The predicted octanol–water partition coefficient (Wildman–Crippen LogP) is 3.01. The Hall–Kier alpha value is -0.270. The maximum atomic E-state index is 5.84. The number of rotatable bonds is 0. The zero-order valence-electron chi connectivity index (χ0n) is 5.78. The van der Waals surface area contributed by atoms with Crippen molar-refractivity contribution in [1.29, 1.82) is 0 Å². The fraction of sp³-hybridized carbons (Fsp3) is 0.286. The number of pyridine rings is 1. The van der Waals surface area contributed by atoms with E-state index in [0.29, 0.717) is 10.0 Å². The number of aryl methyl sites for hydroxylation is 1. The Bertz CT molecular complexity index is 231. The molecule has 0 N–H and O–H groups in total. The van der Waals surface area contributed by atoms with Crippen molar-refractivity contribution < 1.29 is 0 Å². The van der Waals surface area contributed by atoms with Crippen molar-refractivity contribution in [3.05, 3.63) is 27.5 Å². The van der Waals surface area contributed by atoms with Crippen molar-refractivity contribution in [3.63, 3.8) is 0 Å². The summed E-state index contributed by atoms with van der Waals surface area (Å²) in [6, 6.07) is 0. The summed E-state index contributed by atoms with van der Waals surface area (Å²) in [6.07, 6.45) is 1.61. The molecule has 0 spiro atoms. The van der Waals surface area contributed by atoms with Crippen LogP contribution in [0.4, 0.5) is 0 Å². The van der Waals surface area contributed by atoms with Crippen LogP contribution < -0.4 is 0 Å². The topological polar surface area (TPSA) is 12.9 Å². The van der Waals surface area contributed by atoms with Crippen LogP contribution in [-0.4, -0.2) is 4.98 Å². The summed E-state index contributed by atoms with van der Waals surface area (Å²) in [5.74, 6) is 0. The Labute approximate surface area is 70.0 Å². The van der Waals surface area contributed by atoms with Crippen molar-refractivity contribution in [2.45, 2.75) is 13.8 Å². The van der Waals surface area contributed by atoms with Crippen molar-refractivity contribution in [2.75, 3.05) is 0 Å². The van der Waals surface area contributed by atoms with Gasteiger partial charge in [-0.15, -0.1) is 0 Å². The van der Waals surface area contributed by atoms with Crippen LogP contribution in [0, 0.1) is 13.8 Å². The molecule has 1 aromatic heterocycles.